The van der Waals surface area contributed by atoms with Crippen LogP contribution in [0.25, 0.3) is 93.8 Å². The summed E-state index contributed by atoms with van der Waals surface area (Å²) in [6.45, 7) is 0. The van der Waals surface area contributed by atoms with Crippen LogP contribution in [0.5, 0.6) is 0 Å². The first-order valence-electron chi connectivity index (χ1n) is 16.2. The quantitative estimate of drug-likeness (QED) is 0.215. The van der Waals surface area contributed by atoms with Gasteiger partial charge in [0, 0.05) is 50.1 Å². The maximum absolute atomic E-state index is 5.38. The van der Waals surface area contributed by atoms with Crippen molar-refractivity contribution in [3.05, 3.63) is 164 Å². The molecule has 0 saturated heterocycles. The molecule has 0 aliphatic heterocycles. The number of pyridine rings is 2. The molecule has 48 heavy (non-hydrogen) atoms. The lowest BCUT2D eigenvalue weighted by atomic mass is 9.97. The van der Waals surface area contributed by atoms with E-state index in [1.807, 2.05) is 12.3 Å². The summed E-state index contributed by atoms with van der Waals surface area (Å²) in [4.78, 5) is 13.9. The summed E-state index contributed by atoms with van der Waals surface area (Å²) in [7, 11) is 0. The van der Waals surface area contributed by atoms with Gasteiger partial charge >= 0.3 is 0 Å². The van der Waals surface area contributed by atoms with Gasteiger partial charge in [0.15, 0.2) is 0 Å². The fourth-order valence-corrected chi connectivity index (χ4v) is 7.30. The second-order valence-electron chi connectivity index (χ2n) is 12.4. The number of benzene rings is 6. The van der Waals surface area contributed by atoms with E-state index in [4.69, 9.17) is 9.97 Å². The van der Waals surface area contributed by atoms with Gasteiger partial charge in [0.1, 0.15) is 5.65 Å². The predicted molar refractivity (Wildman–Crippen MR) is 200 cm³/mol. The summed E-state index contributed by atoms with van der Waals surface area (Å²) in [5.74, 6) is 0. The van der Waals surface area contributed by atoms with Crippen molar-refractivity contribution in [3.8, 4) is 39.3 Å². The Labute approximate surface area is 276 Å². The highest BCUT2D eigenvalue weighted by Gasteiger charge is 2.16. The van der Waals surface area contributed by atoms with Crippen LogP contribution in [0.3, 0.4) is 0 Å². The van der Waals surface area contributed by atoms with Gasteiger partial charge in [-0.3, -0.25) is 4.57 Å². The molecular formula is C44H28N4. The minimum atomic E-state index is 0.916. The molecule has 0 atom stereocenters. The van der Waals surface area contributed by atoms with E-state index in [0.717, 1.165) is 66.9 Å². The monoisotopic (exact) mass is 612 g/mol. The van der Waals surface area contributed by atoms with Gasteiger partial charge in [-0.1, -0.05) is 103 Å². The number of nitrogens with zero attached hydrogens (tertiary/aromatic N) is 3. The number of aromatic amines is 1. The van der Waals surface area contributed by atoms with Crippen LogP contribution in [0, 0.1) is 0 Å². The Morgan fingerprint density at radius 3 is 2.21 bits per heavy atom. The smallest absolute Gasteiger partial charge is 0.145 e. The molecule has 0 unspecified atom stereocenters. The number of para-hydroxylation sites is 3. The Morgan fingerprint density at radius 1 is 0.479 bits per heavy atom. The van der Waals surface area contributed by atoms with Gasteiger partial charge in [0.05, 0.1) is 22.4 Å². The first kappa shape index (κ1) is 26.7. The zero-order valence-electron chi connectivity index (χ0n) is 25.9. The number of fused-ring (bicyclic) bond motifs is 7. The molecule has 6 aromatic carbocycles. The lowest BCUT2D eigenvalue weighted by Crippen LogP contribution is -1.97. The highest BCUT2D eigenvalue weighted by molar-refractivity contribution is 6.12. The van der Waals surface area contributed by atoms with Crippen molar-refractivity contribution in [2.45, 2.75) is 0 Å². The van der Waals surface area contributed by atoms with E-state index < -0.39 is 0 Å². The molecule has 0 fully saturated rings. The van der Waals surface area contributed by atoms with Crippen LogP contribution in [0.15, 0.2) is 164 Å². The Bertz CT molecular complexity index is 2800. The topological polar surface area (TPSA) is 46.5 Å². The molecule has 10 aromatic rings. The van der Waals surface area contributed by atoms with Crippen LogP contribution in [0.1, 0.15) is 0 Å². The Kier molecular flexibility index (Phi) is 5.84. The lowest BCUT2D eigenvalue weighted by molar-refractivity contribution is 1.13. The number of H-pyrrole nitrogens is 1. The van der Waals surface area contributed by atoms with Gasteiger partial charge in [0.25, 0.3) is 0 Å². The molecule has 4 heteroatoms. The minimum absolute atomic E-state index is 0.916. The van der Waals surface area contributed by atoms with Gasteiger partial charge in [0.2, 0.25) is 0 Å². The standard InChI is InChI=1S/C44H28N4/c1-2-11-29-24-30(22-21-28(29)10-1)32-26-40(46-41(27-32)38-17-8-16-36-34-14-3-5-19-39(34)47-43(36)38)31-12-7-13-33(25-31)48-42-20-6-4-15-35(42)37-18-9-23-45-44(37)48/h1-27,47H. The van der Waals surface area contributed by atoms with Crippen LogP contribution >= 0.6 is 0 Å². The zero-order valence-corrected chi connectivity index (χ0v) is 25.9. The predicted octanol–water partition coefficient (Wildman–Crippen LogP) is 11.4. The van der Waals surface area contributed by atoms with Gasteiger partial charge < -0.3 is 4.98 Å². The summed E-state index contributed by atoms with van der Waals surface area (Å²) < 4.78 is 2.26. The van der Waals surface area contributed by atoms with Crippen molar-refractivity contribution < 1.29 is 0 Å². The average molecular weight is 613 g/mol. The first-order chi connectivity index (χ1) is 23.8. The number of hydrogen-bond donors (Lipinski definition) is 1. The fourth-order valence-electron chi connectivity index (χ4n) is 7.30. The van der Waals surface area contributed by atoms with Gasteiger partial charge in [-0.2, -0.15) is 0 Å². The minimum Gasteiger partial charge on any atom is -0.354 e. The van der Waals surface area contributed by atoms with E-state index in [1.54, 1.807) is 0 Å². The molecule has 4 heterocycles. The van der Waals surface area contributed by atoms with Crippen molar-refractivity contribution in [1.29, 1.82) is 0 Å². The molecule has 0 radical (unpaired) electrons. The van der Waals surface area contributed by atoms with Crippen molar-refractivity contribution in [2.75, 3.05) is 0 Å². The van der Waals surface area contributed by atoms with Gasteiger partial charge in [-0.25, -0.2) is 9.97 Å². The van der Waals surface area contributed by atoms with E-state index in [9.17, 15) is 0 Å². The second-order valence-corrected chi connectivity index (χ2v) is 12.4. The first-order valence-corrected chi connectivity index (χ1v) is 16.2. The van der Waals surface area contributed by atoms with Gasteiger partial charge in [-0.05, 0) is 76.5 Å². The molecule has 1 N–H and O–H groups in total. The maximum atomic E-state index is 5.38. The molecule has 0 amide bonds. The Hall–Kier alpha value is -6.52. The SMILES string of the molecule is c1cc(-c2cc(-c3ccc4ccccc4c3)cc(-c3cccc4c3[nH]c3ccccc34)n2)cc(-n2c3ccccc3c3cccnc32)c1. The van der Waals surface area contributed by atoms with Crippen molar-refractivity contribution in [1.82, 2.24) is 19.5 Å². The highest BCUT2D eigenvalue weighted by Crippen LogP contribution is 2.37. The van der Waals surface area contributed by atoms with Crippen LogP contribution in [-0.4, -0.2) is 19.5 Å². The van der Waals surface area contributed by atoms with E-state index in [-0.39, 0.29) is 0 Å². The molecule has 4 aromatic heterocycles. The number of hydrogen-bond acceptors (Lipinski definition) is 2. The Morgan fingerprint density at radius 2 is 1.25 bits per heavy atom. The van der Waals surface area contributed by atoms with Crippen molar-refractivity contribution >= 4 is 54.5 Å². The Balaban J connectivity index is 1.21. The molecule has 10 rings (SSSR count). The number of rotatable bonds is 4. The molecule has 0 spiro atoms. The summed E-state index contributed by atoms with van der Waals surface area (Å²) in [5, 5.41) is 7.19. The molecule has 0 aliphatic rings. The summed E-state index contributed by atoms with van der Waals surface area (Å²) in [5.41, 5.74) is 11.6. The van der Waals surface area contributed by atoms with E-state index in [2.05, 4.69) is 161 Å². The van der Waals surface area contributed by atoms with E-state index in [0.29, 0.717) is 0 Å². The van der Waals surface area contributed by atoms with Gasteiger partial charge in [-0.15, -0.1) is 0 Å². The third-order valence-corrected chi connectivity index (χ3v) is 9.56. The number of nitrogens with one attached hydrogen (secondary N) is 1. The van der Waals surface area contributed by atoms with Crippen LogP contribution in [0.2, 0.25) is 0 Å². The molecule has 0 aliphatic carbocycles. The zero-order chi connectivity index (χ0) is 31.6. The third kappa shape index (κ3) is 4.16. The van der Waals surface area contributed by atoms with E-state index >= 15 is 0 Å². The normalized spacial score (nSPS) is 11.8. The molecular weight excluding hydrogens is 585 g/mol. The second kappa shape index (κ2) is 10.5. The average Bonchev–Trinajstić information content (AvgIpc) is 3.71. The summed E-state index contributed by atoms with van der Waals surface area (Å²) in [6.07, 6.45) is 1.87. The van der Waals surface area contributed by atoms with Crippen molar-refractivity contribution in [3.63, 3.8) is 0 Å². The van der Waals surface area contributed by atoms with E-state index in [1.165, 1.54) is 26.9 Å². The fraction of sp³-hybridized carbons (Fsp3) is 0. The van der Waals surface area contributed by atoms with Crippen molar-refractivity contribution in [2.24, 2.45) is 0 Å². The maximum Gasteiger partial charge on any atom is 0.145 e. The molecule has 224 valence electrons. The molecule has 4 nitrogen and oxygen atoms in total. The molecule has 0 bridgehead atoms. The van der Waals surface area contributed by atoms with Crippen LogP contribution in [-0.2, 0) is 0 Å². The summed E-state index contributed by atoms with van der Waals surface area (Å²) >= 11 is 0. The van der Waals surface area contributed by atoms with Crippen LogP contribution < -0.4 is 0 Å². The highest BCUT2D eigenvalue weighted by atomic mass is 15.0. The van der Waals surface area contributed by atoms with Crippen LogP contribution in [0.4, 0.5) is 0 Å². The summed E-state index contributed by atoms with van der Waals surface area (Å²) in [6, 6.07) is 56.0. The third-order valence-electron chi connectivity index (χ3n) is 9.56. The lowest BCUT2D eigenvalue weighted by Gasteiger charge is -2.13. The number of aromatic nitrogens is 4. The largest absolute Gasteiger partial charge is 0.354 e. The molecule has 0 saturated carbocycles.